The van der Waals surface area contributed by atoms with Crippen LogP contribution in [0.1, 0.15) is 41.4 Å². The first-order chi connectivity index (χ1) is 10.1. The Bertz CT molecular complexity index is 666. The van der Waals surface area contributed by atoms with Crippen molar-refractivity contribution in [3.05, 3.63) is 45.2 Å². The number of aromatic nitrogens is 2. The number of hydrogen-bond acceptors (Lipinski definition) is 3. The summed E-state index contributed by atoms with van der Waals surface area (Å²) in [6.45, 7) is 2.47. The summed E-state index contributed by atoms with van der Waals surface area (Å²) in [5.74, 6) is 0.872. The molecule has 0 saturated carbocycles. The Morgan fingerprint density at radius 1 is 1.48 bits per heavy atom. The van der Waals surface area contributed by atoms with Gasteiger partial charge in [-0.25, -0.2) is 0 Å². The molecule has 112 valence electrons. The van der Waals surface area contributed by atoms with Crippen LogP contribution in [0.4, 0.5) is 0 Å². The maximum absolute atomic E-state index is 6.20. The zero-order valence-corrected chi connectivity index (χ0v) is 14.0. The van der Waals surface area contributed by atoms with Gasteiger partial charge in [-0.3, -0.25) is 4.68 Å². The minimum Gasteiger partial charge on any atom is -0.487 e. The summed E-state index contributed by atoms with van der Waals surface area (Å²) >= 11 is 3.56. The van der Waals surface area contributed by atoms with Crippen LogP contribution < -0.4 is 10.5 Å². The van der Waals surface area contributed by atoms with Crippen LogP contribution in [0.5, 0.6) is 5.75 Å². The summed E-state index contributed by atoms with van der Waals surface area (Å²) in [6, 6.07) is 6.42. The number of aryl methyl sites for hydroxylation is 3. The SMILES string of the molecule is Cc1nn(C)c(COc2ccc3c(c2)C(N)CCC3)c1Br. The molecule has 4 nitrogen and oxygen atoms in total. The molecule has 1 unspecified atom stereocenters. The average Bonchev–Trinajstić information content (AvgIpc) is 2.71. The standard InChI is InChI=1S/C16H20BrN3O/c1-10-16(17)15(20(2)19-10)9-21-12-7-6-11-4-3-5-14(18)13(11)8-12/h6-8,14H,3-5,9,18H2,1-2H3. The minimum atomic E-state index is 0.142. The molecule has 1 heterocycles. The predicted octanol–water partition coefficient (Wildman–Crippen LogP) is 3.41. The molecule has 0 amide bonds. The number of ether oxygens (including phenoxy) is 1. The highest BCUT2D eigenvalue weighted by Gasteiger charge is 2.17. The van der Waals surface area contributed by atoms with Crippen molar-refractivity contribution in [3.63, 3.8) is 0 Å². The van der Waals surface area contributed by atoms with Crippen LogP contribution in [0.2, 0.25) is 0 Å². The van der Waals surface area contributed by atoms with Gasteiger partial charge in [0.15, 0.2) is 0 Å². The van der Waals surface area contributed by atoms with Crippen LogP contribution in [0.15, 0.2) is 22.7 Å². The number of halogens is 1. The van der Waals surface area contributed by atoms with Crippen molar-refractivity contribution in [2.45, 2.75) is 38.8 Å². The van der Waals surface area contributed by atoms with E-state index in [1.54, 1.807) is 0 Å². The van der Waals surface area contributed by atoms with Crippen molar-refractivity contribution >= 4 is 15.9 Å². The normalized spacial score (nSPS) is 17.6. The third-order valence-electron chi connectivity index (χ3n) is 4.12. The highest BCUT2D eigenvalue weighted by Crippen LogP contribution is 2.31. The third kappa shape index (κ3) is 2.85. The lowest BCUT2D eigenvalue weighted by atomic mass is 9.88. The summed E-state index contributed by atoms with van der Waals surface area (Å²) in [5, 5.41) is 4.37. The lowest BCUT2D eigenvalue weighted by Crippen LogP contribution is -2.17. The van der Waals surface area contributed by atoms with Gasteiger partial charge in [-0.2, -0.15) is 5.10 Å². The fourth-order valence-corrected chi connectivity index (χ4v) is 3.34. The van der Waals surface area contributed by atoms with Crippen molar-refractivity contribution in [1.29, 1.82) is 0 Å². The van der Waals surface area contributed by atoms with Gasteiger partial charge < -0.3 is 10.5 Å². The van der Waals surface area contributed by atoms with Crippen LogP contribution in [0.25, 0.3) is 0 Å². The van der Waals surface area contributed by atoms with Crippen LogP contribution in [-0.2, 0) is 20.1 Å². The molecule has 2 aromatic rings. The van der Waals surface area contributed by atoms with Crippen molar-refractivity contribution < 1.29 is 4.74 Å². The molecule has 21 heavy (non-hydrogen) atoms. The van der Waals surface area contributed by atoms with Crippen molar-refractivity contribution in [3.8, 4) is 5.75 Å². The fourth-order valence-electron chi connectivity index (χ4n) is 2.89. The van der Waals surface area contributed by atoms with E-state index >= 15 is 0 Å². The molecule has 1 aliphatic carbocycles. The number of nitrogens with two attached hydrogens (primary N) is 1. The minimum absolute atomic E-state index is 0.142. The summed E-state index contributed by atoms with van der Waals surface area (Å²) in [4.78, 5) is 0. The number of hydrogen-bond donors (Lipinski definition) is 1. The molecule has 0 bridgehead atoms. The van der Waals surface area contributed by atoms with Gasteiger partial charge in [0.1, 0.15) is 12.4 Å². The van der Waals surface area contributed by atoms with Gasteiger partial charge in [0, 0.05) is 13.1 Å². The Kier molecular flexibility index (Phi) is 4.04. The molecule has 0 fully saturated rings. The number of rotatable bonds is 3. The van der Waals surface area contributed by atoms with Gasteiger partial charge in [-0.15, -0.1) is 0 Å². The van der Waals surface area contributed by atoms with Crippen LogP contribution >= 0.6 is 15.9 Å². The number of fused-ring (bicyclic) bond motifs is 1. The van der Waals surface area contributed by atoms with E-state index in [1.807, 2.05) is 24.7 Å². The maximum Gasteiger partial charge on any atom is 0.131 e. The van der Waals surface area contributed by atoms with Gasteiger partial charge >= 0.3 is 0 Å². The lowest BCUT2D eigenvalue weighted by molar-refractivity contribution is 0.293. The Morgan fingerprint density at radius 3 is 3.00 bits per heavy atom. The second-order valence-electron chi connectivity index (χ2n) is 5.62. The zero-order chi connectivity index (χ0) is 15.0. The number of nitrogens with zero attached hydrogens (tertiary/aromatic N) is 2. The molecule has 3 rings (SSSR count). The van der Waals surface area contributed by atoms with E-state index in [9.17, 15) is 0 Å². The monoisotopic (exact) mass is 349 g/mol. The molecule has 1 atom stereocenters. The molecule has 0 spiro atoms. The topological polar surface area (TPSA) is 53.1 Å². The summed E-state index contributed by atoms with van der Waals surface area (Å²) in [6.07, 6.45) is 3.36. The van der Waals surface area contributed by atoms with E-state index in [0.717, 1.165) is 34.5 Å². The van der Waals surface area contributed by atoms with Gasteiger partial charge in [0.2, 0.25) is 0 Å². The Morgan fingerprint density at radius 2 is 2.29 bits per heavy atom. The zero-order valence-electron chi connectivity index (χ0n) is 12.4. The molecule has 5 heteroatoms. The van der Waals surface area contributed by atoms with Crippen LogP contribution in [-0.4, -0.2) is 9.78 Å². The smallest absolute Gasteiger partial charge is 0.131 e. The first kappa shape index (κ1) is 14.6. The molecule has 0 saturated heterocycles. The first-order valence-corrected chi connectivity index (χ1v) is 8.04. The fraction of sp³-hybridized carbons (Fsp3) is 0.438. The van der Waals surface area contributed by atoms with E-state index in [4.69, 9.17) is 10.5 Å². The molecule has 2 N–H and O–H groups in total. The molecule has 0 radical (unpaired) electrons. The molecule has 1 aliphatic rings. The van der Waals surface area contributed by atoms with E-state index in [2.05, 4.69) is 33.2 Å². The second kappa shape index (κ2) is 5.81. The third-order valence-corrected chi connectivity index (χ3v) is 5.15. The molecular weight excluding hydrogens is 330 g/mol. The molecule has 0 aliphatic heterocycles. The Labute approximate surface area is 133 Å². The van der Waals surface area contributed by atoms with E-state index in [-0.39, 0.29) is 6.04 Å². The molecular formula is C16H20BrN3O. The van der Waals surface area contributed by atoms with E-state index < -0.39 is 0 Å². The van der Waals surface area contributed by atoms with Crippen molar-refractivity contribution in [2.24, 2.45) is 12.8 Å². The van der Waals surface area contributed by atoms with Gasteiger partial charge in [0.25, 0.3) is 0 Å². The average molecular weight is 350 g/mol. The maximum atomic E-state index is 6.20. The van der Waals surface area contributed by atoms with Gasteiger partial charge in [0.05, 0.1) is 15.9 Å². The number of benzene rings is 1. The summed E-state index contributed by atoms with van der Waals surface area (Å²) < 4.78 is 8.80. The van der Waals surface area contributed by atoms with Crippen molar-refractivity contribution in [1.82, 2.24) is 9.78 Å². The predicted molar refractivity (Wildman–Crippen MR) is 86.3 cm³/mol. The molecule has 1 aromatic heterocycles. The van der Waals surface area contributed by atoms with Crippen molar-refractivity contribution in [2.75, 3.05) is 0 Å². The molecule has 1 aromatic carbocycles. The second-order valence-corrected chi connectivity index (χ2v) is 6.41. The summed E-state index contributed by atoms with van der Waals surface area (Å²) in [5.41, 5.74) is 10.8. The van der Waals surface area contributed by atoms with Crippen LogP contribution in [0, 0.1) is 6.92 Å². The Hall–Kier alpha value is -1.33. The Balaban J connectivity index is 1.78. The van der Waals surface area contributed by atoms with Gasteiger partial charge in [-0.1, -0.05) is 6.07 Å². The van der Waals surface area contributed by atoms with E-state index in [0.29, 0.717) is 6.61 Å². The van der Waals surface area contributed by atoms with Crippen LogP contribution in [0.3, 0.4) is 0 Å². The summed E-state index contributed by atoms with van der Waals surface area (Å²) in [7, 11) is 1.93. The first-order valence-electron chi connectivity index (χ1n) is 7.25. The van der Waals surface area contributed by atoms with E-state index in [1.165, 1.54) is 17.5 Å². The quantitative estimate of drug-likeness (QED) is 0.923. The van der Waals surface area contributed by atoms with Gasteiger partial charge in [-0.05, 0) is 65.4 Å². The lowest BCUT2D eigenvalue weighted by Gasteiger charge is -2.22. The highest BCUT2D eigenvalue weighted by atomic mass is 79.9. The highest BCUT2D eigenvalue weighted by molar-refractivity contribution is 9.10. The largest absolute Gasteiger partial charge is 0.487 e.